The summed E-state index contributed by atoms with van der Waals surface area (Å²) in [6, 6.07) is 7.02. The first kappa shape index (κ1) is 15.6. The van der Waals surface area contributed by atoms with Crippen molar-refractivity contribution in [2.75, 3.05) is 0 Å². The minimum atomic E-state index is -4.80. The first-order valence-electron chi connectivity index (χ1n) is 5.84. The van der Waals surface area contributed by atoms with Crippen molar-refractivity contribution >= 4 is 11.6 Å². The molecule has 0 saturated heterocycles. The number of halogens is 5. The quantitative estimate of drug-likeness (QED) is 0.829. The Morgan fingerprint density at radius 1 is 1.10 bits per heavy atom. The summed E-state index contributed by atoms with van der Waals surface area (Å²) in [6.07, 6.45) is -4.80. The van der Waals surface area contributed by atoms with Gasteiger partial charge in [-0.3, -0.25) is 0 Å². The maximum absolute atomic E-state index is 13.2. The minimum Gasteiger partial charge on any atom is -0.457 e. The molecule has 0 aromatic heterocycles. The predicted octanol–water partition coefficient (Wildman–Crippen LogP) is 4.75. The highest BCUT2D eigenvalue weighted by atomic mass is 35.5. The summed E-state index contributed by atoms with van der Waals surface area (Å²) in [4.78, 5) is 0. The molecule has 2 aromatic rings. The smallest absolute Gasteiger partial charge is 0.419 e. The van der Waals surface area contributed by atoms with Crippen LogP contribution in [0.25, 0.3) is 0 Å². The van der Waals surface area contributed by atoms with E-state index < -0.39 is 17.6 Å². The SMILES string of the molecule is NCc1ccc(Cl)cc1Oc1ccc(F)c(C(F)(F)F)c1. The van der Waals surface area contributed by atoms with Crippen LogP contribution in [-0.2, 0) is 12.7 Å². The van der Waals surface area contributed by atoms with Gasteiger partial charge < -0.3 is 10.5 Å². The lowest BCUT2D eigenvalue weighted by Gasteiger charge is -2.13. The highest BCUT2D eigenvalue weighted by molar-refractivity contribution is 6.30. The molecule has 2 rings (SSSR count). The van der Waals surface area contributed by atoms with E-state index in [0.29, 0.717) is 22.7 Å². The molecule has 7 heteroatoms. The Kier molecular flexibility index (Phi) is 4.39. The van der Waals surface area contributed by atoms with E-state index in [1.54, 1.807) is 12.1 Å². The lowest BCUT2D eigenvalue weighted by Crippen LogP contribution is -2.08. The van der Waals surface area contributed by atoms with Crippen LogP contribution in [0.4, 0.5) is 17.6 Å². The van der Waals surface area contributed by atoms with Crippen molar-refractivity contribution in [1.29, 1.82) is 0 Å². The first-order valence-corrected chi connectivity index (χ1v) is 6.22. The standard InChI is InChI=1S/C14H10ClF4NO/c15-9-2-1-8(7-20)13(5-9)21-10-3-4-12(16)11(6-10)14(17,18)19/h1-6H,7,20H2. The molecule has 2 N–H and O–H groups in total. The molecule has 0 saturated carbocycles. The van der Waals surface area contributed by atoms with E-state index in [1.165, 1.54) is 6.07 Å². The largest absolute Gasteiger partial charge is 0.457 e. The molecule has 0 unspecified atom stereocenters. The van der Waals surface area contributed by atoms with Gasteiger partial charge in [0.25, 0.3) is 0 Å². The highest BCUT2D eigenvalue weighted by Crippen LogP contribution is 2.35. The minimum absolute atomic E-state index is 0.125. The van der Waals surface area contributed by atoms with Gasteiger partial charge in [0.05, 0.1) is 5.56 Å². The third kappa shape index (κ3) is 3.65. The van der Waals surface area contributed by atoms with Gasteiger partial charge in [0.1, 0.15) is 17.3 Å². The van der Waals surface area contributed by atoms with E-state index in [9.17, 15) is 17.6 Å². The van der Waals surface area contributed by atoms with Gasteiger partial charge in [-0.2, -0.15) is 13.2 Å². The van der Waals surface area contributed by atoms with E-state index >= 15 is 0 Å². The van der Waals surface area contributed by atoms with Gasteiger partial charge in [0.15, 0.2) is 0 Å². The van der Waals surface area contributed by atoms with Crippen LogP contribution in [0, 0.1) is 5.82 Å². The van der Waals surface area contributed by atoms with Crippen LogP contribution in [0.5, 0.6) is 11.5 Å². The molecule has 0 aliphatic carbocycles. The van der Waals surface area contributed by atoms with E-state index in [2.05, 4.69) is 0 Å². The predicted molar refractivity (Wildman–Crippen MR) is 70.8 cm³/mol. The monoisotopic (exact) mass is 319 g/mol. The Morgan fingerprint density at radius 3 is 2.43 bits per heavy atom. The second kappa shape index (κ2) is 5.91. The van der Waals surface area contributed by atoms with E-state index in [-0.39, 0.29) is 18.0 Å². The Morgan fingerprint density at radius 2 is 1.81 bits per heavy atom. The van der Waals surface area contributed by atoms with E-state index in [0.717, 1.165) is 6.07 Å². The van der Waals surface area contributed by atoms with Gasteiger partial charge in [-0.05, 0) is 30.3 Å². The molecule has 0 bridgehead atoms. The molecule has 0 aliphatic rings. The molecule has 21 heavy (non-hydrogen) atoms. The van der Waals surface area contributed by atoms with Crippen molar-refractivity contribution in [1.82, 2.24) is 0 Å². The molecule has 2 nitrogen and oxygen atoms in total. The molecule has 0 spiro atoms. The van der Waals surface area contributed by atoms with Gasteiger partial charge in [-0.15, -0.1) is 0 Å². The van der Waals surface area contributed by atoms with Crippen LogP contribution in [-0.4, -0.2) is 0 Å². The molecule has 0 heterocycles. The topological polar surface area (TPSA) is 35.2 Å². The van der Waals surface area contributed by atoms with Crippen LogP contribution in [0.3, 0.4) is 0 Å². The van der Waals surface area contributed by atoms with Crippen molar-refractivity contribution in [2.24, 2.45) is 5.73 Å². The average Bonchev–Trinajstić information content (AvgIpc) is 2.40. The third-order valence-electron chi connectivity index (χ3n) is 2.72. The highest BCUT2D eigenvalue weighted by Gasteiger charge is 2.34. The third-order valence-corrected chi connectivity index (χ3v) is 2.96. The second-order valence-electron chi connectivity index (χ2n) is 4.20. The lowest BCUT2D eigenvalue weighted by atomic mass is 10.2. The van der Waals surface area contributed by atoms with Crippen molar-refractivity contribution < 1.29 is 22.3 Å². The molecule has 0 fully saturated rings. The fourth-order valence-corrected chi connectivity index (χ4v) is 1.87. The summed E-state index contributed by atoms with van der Waals surface area (Å²) in [6.45, 7) is 0.125. The summed E-state index contributed by atoms with van der Waals surface area (Å²) >= 11 is 5.81. The zero-order valence-electron chi connectivity index (χ0n) is 10.5. The summed E-state index contributed by atoms with van der Waals surface area (Å²) in [5.74, 6) is -1.29. The summed E-state index contributed by atoms with van der Waals surface area (Å²) in [7, 11) is 0. The molecule has 0 aliphatic heterocycles. The Bertz CT molecular complexity index is 658. The zero-order chi connectivity index (χ0) is 15.6. The maximum Gasteiger partial charge on any atom is 0.419 e. The van der Waals surface area contributed by atoms with Crippen LogP contribution in [0.2, 0.25) is 5.02 Å². The van der Waals surface area contributed by atoms with Crippen molar-refractivity contribution in [3.05, 3.63) is 58.4 Å². The molecule has 0 atom stereocenters. The fraction of sp³-hybridized carbons (Fsp3) is 0.143. The molecule has 0 radical (unpaired) electrons. The molecular formula is C14H10ClF4NO. The summed E-state index contributed by atoms with van der Waals surface area (Å²) < 4.78 is 56.5. The van der Waals surface area contributed by atoms with Crippen LogP contribution in [0.15, 0.2) is 36.4 Å². The average molecular weight is 320 g/mol. The fourth-order valence-electron chi connectivity index (χ4n) is 1.70. The molecule has 112 valence electrons. The summed E-state index contributed by atoms with van der Waals surface area (Å²) in [5.41, 5.74) is 4.69. The van der Waals surface area contributed by atoms with Gasteiger partial charge in [-0.25, -0.2) is 4.39 Å². The van der Waals surface area contributed by atoms with E-state index in [1.807, 2.05) is 0 Å². The zero-order valence-corrected chi connectivity index (χ0v) is 11.3. The van der Waals surface area contributed by atoms with Crippen LogP contribution < -0.4 is 10.5 Å². The number of nitrogens with two attached hydrogens (primary N) is 1. The second-order valence-corrected chi connectivity index (χ2v) is 4.63. The Labute approximate surface area is 123 Å². The number of ether oxygens (including phenoxy) is 1. The maximum atomic E-state index is 13.2. The van der Waals surface area contributed by atoms with Gasteiger partial charge in [0.2, 0.25) is 0 Å². The van der Waals surface area contributed by atoms with Gasteiger partial charge >= 0.3 is 6.18 Å². The molecule has 2 aromatic carbocycles. The van der Waals surface area contributed by atoms with Crippen LogP contribution >= 0.6 is 11.6 Å². The number of hydrogen-bond acceptors (Lipinski definition) is 2. The number of benzene rings is 2. The van der Waals surface area contributed by atoms with Crippen LogP contribution in [0.1, 0.15) is 11.1 Å². The number of hydrogen-bond donors (Lipinski definition) is 1. The lowest BCUT2D eigenvalue weighted by molar-refractivity contribution is -0.140. The number of rotatable bonds is 3. The molecule has 0 amide bonds. The first-order chi connectivity index (χ1) is 9.81. The Balaban J connectivity index is 2.39. The van der Waals surface area contributed by atoms with Crippen molar-refractivity contribution in [3.8, 4) is 11.5 Å². The number of alkyl halides is 3. The van der Waals surface area contributed by atoms with Crippen molar-refractivity contribution in [3.63, 3.8) is 0 Å². The summed E-state index contributed by atoms with van der Waals surface area (Å²) in [5, 5.41) is 0.348. The Hall–Kier alpha value is -1.79. The molecular weight excluding hydrogens is 310 g/mol. The van der Waals surface area contributed by atoms with Gasteiger partial charge in [-0.1, -0.05) is 17.7 Å². The van der Waals surface area contributed by atoms with Crippen molar-refractivity contribution in [2.45, 2.75) is 12.7 Å². The van der Waals surface area contributed by atoms with E-state index in [4.69, 9.17) is 22.1 Å². The van der Waals surface area contributed by atoms with Gasteiger partial charge in [0, 0.05) is 17.1 Å². The normalized spacial score (nSPS) is 11.5.